The molecule has 0 fully saturated rings. The van der Waals surface area contributed by atoms with E-state index in [1.165, 1.54) is 28.8 Å². The first kappa shape index (κ1) is 37.8. The maximum Gasteiger partial charge on any atom is 2.00 e. The Balaban J connectivity index is 0.00000464. The predicted octanol–water partition coefficient (Wildman–Crippen LogP) is 12.0. The van der Waals surface area contributed by atoms with Crippen LogP contribution in [0.3, 0.4) is 0 Å². The second-order valence-electron chi connectivity index (χ2n) is 15.6. The van der Waals surface area contributed by atoms with Gasteiger partial charge in [0.15, 0.2) is 0 Å². The van der Waals surface area contributed by atoms with Gasteiger partial charge >= 0.3 is 21.1 Å². The molecule has 3 atom stereocenters. The van der Waals surface area contributed by atoms with Crippen LogP contribution in [0.4, 0.5) is 0 Å². The molecular weight excluding hydrogens is 820 g/mol. The molecular formula is C46H52N4OPt. The zero-order valence-corrected chi connectivity index (χ0v) is 34.6. The number of aromatic nitrogens is 4. The van der Waals surface area contributed by atoms with Crippen LogP contribution < -0.4 is 4.74 Å². The van der Waals surface area contributed by atoms with Crippen LogP contribution in [-0.2, 0) is 27.5 Å². The average molecular weight is 872 g/mol. The van der Waals surface area contributed by atoms with Crippen molar-refractivity contribution in [3.63, 3.8) is 0 Å². The minimum absolute atomic E-state index is 0. The number of rotatable bonds is 9. The minimum atomic E-state index is 0. The third-order valence-corrected chi connectivity index (χ3v) is 11.1. The molecule has 6 aromatic rings. The van der Waals surface area contributed by atoms with Gasteiger partial charge < -0.3 is 9.30 Å². The van der Waals surface area contributed by atoms with Gasteiger partial charge in [0.25, 0.3) is 0 Å². The molecule has 52 heavy (non-hydrogen) atoms. The van der Waals surface area contributed by atoms with Gasteiger partial charge in [0, 0.05) is 40.4 Å². The molecule has 0 spiro atoms. The first-order valence-electron chi connectivity index (χ1n) is 18.9. The van der Waals surface area contributed by atoms with E-state index in [1.54, 1.807) is 5.57 Å². The van der Waals surface area contributed by atoms with Gasteiger partial charge in [-0.3, -0.25) is 4.68 Å². The molecule has 1 aliphatic carbocycles. The fraction of sp³-hybridized carbons (Fsp3) is 0.391. The van der Waals surface area contributed by atoms with Crippen molar-refractivity contribution in [3.05, 3.63) is 119 Å². The molecule has 0 saturated heterocycles. The quantitative estimate of drug-likeness (QED) is 0.107. The molecule has 6 heteroatoms. The molecule has 7 rings (SSSR count). The zero-order valence-electron chi connectivity index (χ0n) is 32.3. The number of pyridine rings is 1. The number of hydrogen-bond acceptors (Lipinski definition) is 3. The fourth-order valence-electron chi connectivity index (χ4n) is 8.39. The molecule has 0 radical (unpaired) electrons. The Morgan fingerprint density at radius 3 is 2.37 bits per heavy atom. The van der Waals surface area contributed by atoms with Gasteiger partial charge in [-0.15, -0.1) is 41.3 Å². The first-order valence-corrected chi connectivity index (χ1v) is 18.9. The number of nitrogens with zero attached hydrogens (tertiary/aromatic N) is 4. The van der Waals surface area contributed by atoms with Crippen LogP contribution in [0.5, 0.6) is 11.5 Å². The van der Waals surface area contributed by atoms with E-state index < -0.39 is 0 Å². The van der Waals surface area contributed by atoms with E-state index in [9.17, 15) is 0 Å². The summed E-state index contributed by atoms with van der Waals surface area (Å²) >= 11 is 0. The molecule has 3 heterocycles. The normalized spacial score (nSPS) is 17.7. The summed E-state index contributed by atoms with van der Waals surface area (Å²) in [6.07, 6.45) is 6.59. The van der Waals surface area contributed by atoms with Crippen LogP contribution >= 0.6 is 0 Å². The molecule has 1 aliphatic rings. The topological polar surface area (TPSA) is 44.9 Å². The molecule has 5 nitrogen and oxygen atoms in total. The van der Waals surface area contributed by atoms with E-state index in [0.717, 1.165) is 45.4 Å². The Bertz CT molecular complexity index is 2250. The van der Waals surface area contributed by atoms with Gasteiger partial charge in [0.2, 0.25) is 0 Å². The number of allylic oxidation sites excluding steroid dienone is 2. The Morgan fingerprint density at radius 1 is 0.885 bits per heavy atom. The summed E-state index contributed by atoms with van der Waals surface area (Å²) in [5, 5.41) is 7.50. The van der Waals surface area contributed by atoms with Crippen molar-refractivity contribution < 1.29 is 25.8 Å². The van der Waals surface area contributed by atoms with E-state index in [0.29, 0.717) is 47.0 Å². The van der Waals surface area contributed by atoms with Crippen LogP contribution in [0.2, 0.25) is 0 Å². The molecule has 0 saturated carbocycles. The third kappa shape index (κ3) is 6.94. The van der Waals surface area contributed by atoms with E-state index in [-0.39, 0.29) is 21.1 Å². The Morgan fingerprint density at radius 2 is 1.65 bits per heavy atom. The van der Waals surface area contributed by atoms with Crippen LogP contribution in [0, 0.1) is 49.7 Å². The van der Waals surface area contributed by atoms with Crippen molar-refractivity contribution in [2.75, 3.05) is 0 Å². The Kier molecular flexibility index (Phi) is 11.0. The van der Waals surface area contributed by atoms with Gasteiger partial charge in [-0.1, -0.05) is 90.8 Å². The minimum Gasteiger partial charge on any atom is -0.509 e. The molecule has 272 valence electrons. The van der Waals surface area contributed by atoms with Gasteiger partial charge in [0.05, 0.1) is 5.69 Å². The first-order chi connectivity index (χ1) is 24.4. The molecule has 0 N–H and O–H groups in total. The molecule has 0 bridgehead atoms. The van der Waals surface area contributed by atoms with E-state index >= 15 is 0 Å². The van der Waals surface area contributed by atoms with Crippen molar-refractivity contribution >= 4 is 21.8 Å². The van der Waals surface area contributed by atoms with Crippen molar-refractivity contribution in [1.29, 1.82) is 0 Å². The summed E-state index contributed by atoms with van der Waals surface area (Å²) in [4.78, 5) is 4.79. The van der Waals surface area contributed by atoms with E-state index in [2.05, 4.69) is 151 Å². The van der Waals surface area contributed by atoms with E-state index in [4.69, 9.17) is 14.8 Å². The molecule has 1 unspecified atom stereocenters. The fourth-order valence-corrected chi connectivity index (χ4v) is 8.39. The third-order valence-electron chi connectivity index (χ3n) is 11.1. The summed E-state index contributed by atoms with van der Waals surface area (Å²) in [6.45, 7) is 22.9. The Hall–Kier alpha value is -3.95. The number of aryl methyl sites for hydroxylation is 2. The van der Waals surface area contributed by atoms with Gasteiger partial charge in [-0.05, 0) is 91.1 Å². The summed E-state index contributed by atoms with van der Waals surface area (Å²) < 4.78 is 11.0. The number of benzene rings is 3. The molecule has 3 aromatic carbocycles. The number of para-hydroxylation sites is 1. The second-order valence-corrected chi connectivity index (χ2v) is 15.6. The van der Waals surface area contributed by atoms with Crippen LogP contribution in [-0.4, -0.2) is 19.3 Å². The SMILES string of the molecule is CCc1ccnc(-n2c3[c-]c(Oc4[c-]c(-n5nc(C)c(C6C(C(C)C)=C[C@H](C)C[C@@H]6C(C)C)c5C)cc(C(C)C)c4)ccc3c3ccccc32)c1.[Pt+2]. The van der Waals surface area contributed by atoms with Crippen LogP contribution in [0.25, 0.3) is 33.3 Å². The number of fused-ring (bicyclic) bond motifs is 3. The summed E-state index contributed by atoms with van der Waals surface area (Å²) in [7, 11) is 0. The van der Waals surface area contributed by atoms with Crippen molar-refractivity contribution in [2.24, 2.45) is 23.7 Å². The van der Waals surface area contributed by atoms with Gasteiger partial charge in [-0.2, -0.15) is 11.2 Å². The van der Waals surface area contributed by atoms with Gasteiger partial charge in [0.1, 0.15) is 5.82 Å². The monoisotopic (exact) mass is 871 g/mol. The maximum atomic E-state index is 6.68. The maximum absolute atomic E-state index is 6.68. The Labute approximate surface area is 324 Å². The summed E-state index contributed by atoms with van der Waals surface area (Å²) in [5.41, 5.74) is 10.6. The smallest absolute Gasteiger partial charge is 0.509 e. The van der Waals surface area contributed by atoms with Crippen LogP contribution in [0.1, 0.15) is 102 Å². The van der Waals surface area contributed by atoms with Crippen LogP contribution in [0.15, 0.2) is 78.5 Å². The molecule has 0 aliphatic heterocycles. The largest absolute Gasteiger partial charge is 2.00 e. The van der Waals surface area contributed by atoms with Crippen molar-refractivity contribution in [1.82, 2.24) is 19.3 Å². The van der Waals surface area contributed by atoms with Gasteiger partial charge in [-0.25, -0.2) is 4.98 Å². The zero-order chi connectivity index (χ0) is 36.1. The van der Waals surface area contributed by atoms with Crippen molar-refractivity contribution in [3.8, 4) is 23.0 Å². The summed E-state index contributed by atoms with van der Waals surface area (Å²) in [6, 6.07) is 28.5. The predicted molar refractivity (Wildman–Crippen MR) is 211 cm³/mol. The number of hydrogen-bond donors (Lipinski definition) is 0. The van der Waals surface area contributed by atoms with Crippen molar-refractivity contribution in [2.45, 2.75) is 93.9 Å². The average Bonchev–Trinajstić information content (AvgIpc) is 3.60. The molecule has 3 aromatic heterocycles. The molecule has 0 amide bonds. The van der Waals surface area contributed by atoms with E-state index in [1.807, 2.05) is 12.3 Å². The second kappa shape index (κ2) is 15.2. The summed E-state index contributed by atoms with van der Waals surface area (Å²) in [5.74, 6) is 5.06. The number of ether oxygens (including phenoxy) is 1. The standard InChI is InChI=1S/C46H52N4O.Pt/c1-11-33-18-19-47-44(22-33)49-42-15-13-12-14-38(42)39-17-16-36(26-43(39)49)51-37-24-34(27(2)3)23-35(25-37)50-32(10)45(31(9)48-50)46-40(28(4)5)20-30(8)21-41(46)29(6)7;/h12-20,22-24,27-30,41,46H,11,21H2,1-10H3;/q-2;+2/t30-,41+,46?;/m0./s1.